The number of hydrogen-bond donors (Lipinski definition) is 1. The van der Waals surface area contributed by atoms with Crippen molar-refractivity contribution < 1.29 is 4.84 Å². The minimum atomic E-state index is 0.644. The van der Waals surface area contributed by atoms with E-state index >= 15 is 0 Å². The van der Waals surface area contributed by atoms with Gasteiger partial charge in [-0.1, -0.05) is 6.58 Å². The van der Waals surface area contributed by atoms with Crippen LogP contribution in [0.2, 0.25) is 0 Å². The molecule has 3 heteroatoms. The number of nitrogens with one attached hydrogen (secondary N) is 1. The third-order valence-corrected chi connectivity index (χ3v) is 1.09. The van der Waals surface area contributed by atoms with Crippen molar-refractivity contribution in [3.63, 3.8) is 0 Å². The molecule has 1 N–H and O–H groups in total. The second kappa shape index (κ2) is 1.64. The smallest absolute Gasteiger partial charge is 0.101 e. The van der Waals surface area contributed by atoms with Crippen LogP contribution in [0.25, 0.3) is 0 Å². The van der Waals surface area contributed by atoms with Gasteiger partial charge in [0.25, 0.3) is 0 Å². The summed E-state index contributed by atoms with van der Waals surface area (Å²) in [6.45, 7) is 4.27. The van der Waals surface area contributed by atoms with Crippen molar-refractivity contribution in [2.24, 2.45) is 0 Å². The minimum Gasteiger partial charge on any atom is -0.286 e. The van der Waals surface area contributed by atoms with E-state index in [1.807, 2.05) is 0 Å². The summed E-state index contributed by atoms with van der Waals surface area (Å²) in [6, 6.07) is 0. The molecule has 0 bridgehead atoms. The molecule has 2 nitrogen and oxygen atoms in total. The summed E-state index contributed by atoms with van der Waals surface area (Å²) in [7, 11) is 0. The molecule has 0 aromatic carbocycles. The third-order valence-electron chi connectivity index (χ3n) is 0.478. The highest BCUT2D eigenvalue weighted by Crippen LogP contribution is 2.14. The van der Waals surface area contributed by atoms with Crippen molar-refractivity contribution in [1.82, 2.24) is 4.89 Å². The lowest BCUT2D eigenvalue weighted by atomic mass is 10.7. The topological polar surface area (TPSA) is 21.3 Å². The fraction of sp³-hybridized carbons (Fsp3) is 0.333. The molecule has 0 spiro atoms. The van der Waals surface area contributed by atoms with Gasteiger partial charge in [0.05, 0.1) is 0 Å². The maximum absolute atomic E-state index is 4.67. The van der Waals surface area contributed by atoms with Crippen molar-refractivity contribution in [2.75, 3.05) is 6.61 Å². The summed E-state index contributed by atoms with van der Waals surface area (Å²) in [5.41, 5.74) is 0. The second-order valence-electron chi connectivity index (χ2n) is 1.01. The first kappa shape index (κ1) is 4.18. The highest BCUT2D eigenvalue weighted by Gasteiger charge is 2.01. The van der Waals surface area contributed by atoms with Crippen LogP contribution in [-0.2, 0) is 4.84 Å². The van der Waals surface area contributed by atoms with Gasteiger partial charge in [-0.05, 0) is 11.9 Å². The molecule has 0 saturated carbocycles. The van der Waals surface area contributed by atoms with Crippen molar-refractivity contribution in [3.8, 4) is 0 Å². The van der Waals surface area contributed by atoms with E-state index in [2.05, 4.69) is 16.3 Å². The van der Waals surface area contributed by atoms with Crippen molar-refractivity contribution in [3.05, 3.63) is 11.5 Å². The van der Waals surface area contributed by atoms with Crippen molar-refractivity contribution in [1.29, 1.82) is 0 Å². The van der Waals surface area contributed by atoms with Gasteiger partial charge < -0.3 is 0 Å². The molecule has 1 fully saturated rings. The summed E-state index contributed by atoms with van der Waals surface area (Å²) in [4.78, 5) is 8.30. The van der Waals surface area contributed by atoms with Crippen LogP contribution in [0.3, 0.4) is 0 Å². The summed E-state index contributed by atoms with van der Waals surface area (Å²) < 4.78 is 0. The minimum absolute atomic E-state index is 0.644. The lowest BCUT2D eigenvalue weighted by Gasteiger charge is -1.77. The zero-order valence-electron chi connectivity index (χ0n) is 3.23. The molecule has 0 atom stereocenters. The zero-order valence-corrected chi connectivity index (χ0v) is 4.05. The van der Waals surface area contributed by atoms with Gasteiger partial charge in [-0.15, -0.1) is 4.89 Å². The average molecular weight is 103 g/mol. The van der Waals surface area contributed by atoms with Crippen LogP contribution in [0, 0.1) is 0 Å². The molecule has 1 aliphatic rings. The molecule has 0 radical (unpaired) electrons. The van der Waals surface area contributed by atoms with E-state index in [-0.39, 0.29) is 0 Å². The van der Waals surface area contributed by atoms with E-state index in [0.29, 0.717) is 6.61 Å². The Kier molecular flexibility index (Phi) is 1.14. The van der Waals surface area contributed by atoms with E-state index in [1.165, 1.54) is 11.9 Å². The Morgan fingerprint density at radius 2 is 2.83 bits per heavy atom. The average Bonchev–Trinajstić information content (AvgIpc) is 1.86. The summed E-state index contributed by atoms with van der Waals surface area (Å²) in [5.74, 6) is 0. The summed E-state index contributed by atoms with van der Waals surface area (Å²) in [6.07, 6.45) is 0. The molecule has 1 rings (SSSR count). The van der Waals surface area contributed by atoms with Crippen LogP contribution in [-0.4, -0.2) is 6.61 Å². The van der Waals surface area contributed by atoms with E-state index in [1.54, 1.807) is 0 Å². The number of rotatable bonds is 0. The second-order valence-corrected chi connectivity index (χ2v) is 1.96. The quantitative estimate of drug-likeness (QED) is 0.455. The van der Waals surface area contributed by atoms with Gasteiger partial charge in [0.1, 0.15) is 6.61 Å². The molecular formula is C3H5NOS. The van der Waals surface area contributed by atoms with Crippen LogP contribution in [0.15, 0.2) is 11.5 Å². The zero-order chi connectivity index (χ0) is 4.41. The van der Waals surface area contributed by atoms with E-state index in [0.717, 1.165) is 4.91 Å². The first-order valence-electron chi connectivity index (χ1n) is 1.61. The Morgan fingerprint density at radius 1 is 2.00 bits per heavy atom. The largest absolute Gasteiger partial charge is 0.286 e. The van der Waals surface area contributed by atoms with Crippen molar-refractivity contribution >= 4 is 11.9 Å². The third kappa shape index (κ3) is 0.739. The molecule has 0 aliphatic carbocycles. The molecular weight excluding hydrogens is 98.1 g/mol. The number of hydrogen-bond acceptors (Lipinski definition) is 3. The van der Waals surface area contributed by atoms with Crippen LogP contribution in [0.4, 0.5) is 0 Å². The van der Waals surface area contributed by atoms with Crippen LogP contribution >= 0.6 is 11.9 Å². The fourth-order valence-corrected chi connectivity index (χ4v) is 0.581. The molecule has 0 unspecified atom stereocenters. The van der Waals surface area contributed by atoms with Gasteiger partial charge in [0, 0.05) is 4.91 Å². The SMILES string of the molecule is C=C1CONS1. The Morgan fingerprint density at radius 3 is 3.00 bits per heavy atom. The summed E-state index contributed by atoms with van der Waals surface area (Å²) >= 11 is 1.43. The van der Waals surface area contributed by atoms with Crippen molar-refractivity contribution in [2.45, 2.75) is 0 Å². The van der Waals surface area contributed by atoms with Crippen LogP contribution in [0.5, 0.6) is 0 Å². The van der Waals surface area contributed by atoms with E-state index in [4.69, 9.17) is 0 Å². The van der Waals surface area contributed by atoms with Crippen LogP contribution < -0.4 is 4.89 Å². The van der Waals surface area contributed by atoms with Gasteiger partial charge in [0.15, 0.2) is 0 Å². The molecule has 1 heterocycles. The first-order chi connectivity index (χ1) is 2.89. The molecule has 34 valence electrons. The monoisotopic (exact) mass is 103 g/mol. The van der Waals surface area contributed by atoms with E-state index in [9.17, 15) is 0 Å². The molecule has 1 aliphatic heterocycles. The maximum Gasteiger partial charge on any atom is 0.101 e. The molecule has 0 amide bonds. The lowest BCUT2D eigenvalue weighted by Crippen LogP contribution is -1.91. The highest BCUT2D eigenvalue weighted by atomic mass is 32.2. The Bertz CT molecular complexity index is 65.2. The standard InChI is InChI=1S/C3H5NOS/c1-3-2-5-4-6-3/h4H,1-2H2. The van der Waals surface area contributed by atoms with Crippen LogP contribution in [0.1, 0.15) is 0 Å². The molecule has 6 heavy (non-hydrogen) atoms. The Balaban J connectivity index is 2.37. The molecule has 1 saturated heterocycles. The first-order valence-corrected chi connectivity index (χ1v) is 2.42. The van der Waals surface area contributed by atoms with E-state index < -0.39 is 0 Å². The van der Waals surface area contributed by atoms with Gasteiger partial charge in [-0.2, -0.15) is 0 Å². The normalized spacial score (nSPS) is 22.3. The van der Waals surface area contributed by atoms with Gasteiger partial charge in [-0.25, -0.2) is 0 Å². The maximum atomic E-state index is 4.67. The Hall–Kier alpha value is 0.0100. The predicted molar refractivity (Wildman–Crippen MR) is 25.8 cm³/mol. The fourth-order valence-electron chi connectivity index (χ4n) is 0.228. The van der Waals surface area contributed by atoms with Gasteiger partial charge >= 0.3 is 0 Å². The summed E-state index contributed by atoms with van der Waals surface area (Å²) in [5, 5.41) is 0. The molecule has 0 aromatic heterocycles. The van der Waals surface area contributed by atoms with Gasteiger partial charge in [0.2, 0.25) is 0 Å². The highest BCUT2D eigenvalue weighted by molar-refractivity contribution is 8.01. The lowest BCUT2D eigenvalue weighted by molar-refractivity contribution is 0.140. The van der Waals surface area contributed by atoms with Gasteiger partial charge in [-0.3, -0.25) is 4.84 Å². The Labute approximate surface area is 40.6 Å². The molecule has 0 aromatic rings. The predicted octanol–water partition coefficient (Wildman–Crippen LogP) is 0.683.